The number of carbonyl (C=O) groups is 2. The summed E-state index contributed by atoms with van der Waals surface area (Å²) in [5.74, 6) is -0.548. The van der Waals surface area contributed by atoms with Gasteiger partial charge in [0.05, 0.1) is 40.9 Å². The lowest BCUT2D eigenvalue weighted by Crippen LogP contribution is -2.62. The third kappa shape index (κ3) is 4.34. The Morgan fingerprint density at radius 1 is 1.08 bits per heavy atom. The van der Waals surface area contributed by atoms with Gasteiger partial charge in [-0.1, -0.05) is 56.7 Å². The molecule has 272 valence electrons. The number of carboxylic acids is 1. The van der Waals surface area contributed by atoms with Crippen molar-refractivity contribution in [1.82, 2.24) is 4.57 Å². The monoisotopic (exact) mass is 693 g/mol. The molecule has 7 nitrogen and oxygen atoms in total. The van der Waals surface area contributed by atoms with Crippen molar-refractivity contribution < 1.29 is 29.6 Å². The number of Topliss-reactive ketones (excluding diaryl/α,β-unsaturated/α-hetero) is 1. The highest BCUT2D eigenvalue weighted by Gasteiger charge is 2.67. The summed E-state index contributed by atoms with van der Waals surface area (Å²) in [6.45, 7) is 23.5. The summed E-state index contributed by atoms with van der Waals surface area (Å²) in [5.41, 5.74) is 6.47. The first kappa shape index (κ1) is 34.8. The number of benzene rings is 1. The molecule has 2 aromatic rings. The molecule has 1 aromatic heterocycles. The Morgan fingerprint density at radius 3 is 2.45 bits per heavy atom. The first-order chi connectivity index (χ1) is 23.7. The smallest absolute Gasteiger partial charge is 0.307 e. The summed E-state index contributed by atoms with van der Waals surface area (Å²) in [5, 5.41) is 34.3. The predicted octanol–water partition coefficient (Wildman–Crippen LogP) is 8.57. The minimum atomic E-state index is -0.858. The fourth-order valence-electron chi connectivity index (χ4n) is 12.8. The second kappa shape index (κ2) is 10.7. The molecule has 8 rings (SSSR count). The van der Waals surface area contributed by atoms with Crippen molar-refractivity contribution in [2.75, 3.05) is 0 Å². The van der Waals surface area contributed by atoms with E-state index in [0.717, 1.165) is 64.4 Å². The zero-order valence-corrected chi connectivity index (χ0v) is 31.8. The number of allylic oxidation sites excluding steroid dienone is 3. The summed E-state index contributed by atoms with van der Waals surface area (Å²) in [6.07, 6.45) is 11.2. The maximum atomic E-state index is 14.9. The number of fused-ring (bicyclic) bond motifs is 11. The number of aliphatic hydroxyl groups excluding tert-OH is 2. The maximum Gasteiger partial charge on any atom is 0.307 e. The highest BCUT2D eigenvalue weighted by Crippen LogP contribution is 2.71. The van der Waals surface area contributed by atoms with Crippen molar-refractivity contribution in [1.29, 1.82) is 0 Å². The minimum absolute atomic E-state index is 0.00980. The van der Waals surface area contributed by atoms with Gasteiger partial charge in [-0.3, -0.25) is 9.59 Å². The quantitative estimate of drug-likeness (QED) is 0.214. The number of carbonyl (C=O) groups excluding carboxylic acids is 1. The molecule has 1 aromatic carbocycles. The molecule has 0 saturated heterocycles. The normalized spacial score (nSPS) is 38.7. The first-order valence-corrected chi connectivity index (χ1v) is 19.0. The van der Waals surface area contributed by atoms with Crippen molar-refractivity contribution in [3.05, 3.63) is 76.0 Å². The number of aliphatic carboxylic acids is 1. The lowest BCUT2D eigenvalue weighted by molar-refractivity contribution is -0.144. The third-order valence-electron chi connectivity index (χ3n) is 14.9. The van der Waals surface area contributed by atoms with Crippen LogP contribution in [0.2, 0.25) is 0 Å². The van der Waals surface area contributed by atoms with Crippen molar-refractivity contribution >= 4 is 28.2 Å². The van der Waals surface area contributed by atoms with E-state index in [0.29, 0.717) is 17.9 Å². The van der Waals surface area contributed by atoms with E-state index in [1.54, 1.807) is 0 Å². The van der Waals surface area contributed by atoms with Crippen LogP contribution in [0.15, 0.2) is 48.1 Å². The Bertz CT molecular complexity index is 2040. The van der Waals surface area contributed by atoms with Crippen LogP contribution in [0.25, 0.3) is 16.5 Å². The topological polar surface area (TPSA) is 109 Å². The summed E-state index contributed by atoms with van der Waals surface area (Å²) in [4.78, 5) is 26.2. The van der Waals surface area contributed by atoms with Crippen LogP contribution in [0.5, 0.6) is 0 Å². The Kier molecular flexibility index (Phi) is 7.28. The molecule has 51 heavy (non-hydrogen) atoms. The van der Waals surface area contributed by atoms with Crippen molar-refractivity contribution in [3.63, 3.8) is 0 Å². The van der Waals surface area contributed by atoms with Gasteiger partial charge in [-0.2, -0.15) is 0 Å². The summed E-state index contributed by atoms with van der Waals surface area (Å²) in [6, 6.07) is 1.76. The lowest BCUT2D eigenvalue weighted by Gasteiger charge is -2.64. The molecule has 9 atom stereocenters. The molecule has 2 fully saturated rings. The minimum Gasteiger partial charge on any atom is -0.481 e. The van der Waals surface area contributed by atoms with Crippen LogP contribution in [-0.2, 0) is 21.4 Å². The Morgan fingerprint density at radius 2 is 1.78 bits per heavy atom. The summed E-state index contributed by atoms with van der Waals surface area (Å²) in [7, 11) is 0. The van der Waals surface area contributed by atoms with Gasteiger partial charge in [-0.05, 0) is 120 Å². The molecule has 0 radical (unpaired) electrons. The van der Waals surface area contributed by atoms with E-state index in [4.69, 9.17) is 4.74 Å². The van der Waals surface area contributed by atoms with Crippen molar-refractivity contribution in [2.45, 2.75) is 136 Å². The van der Waals surface area contributed by atoms with Crippen molar-refractivity contribution in [2.24, 2.45) is 28.6 Å². The highest BCUT2D eigenvalue weighted by atomic mass is 16.5. The summed E-state index contributed by atoms with van der Waals surface area (Å²) < 4.78 is 8.88. The average Bonchev–Trinajstić information content (AvgIpc) is 3.67. The molecule has 4 aliphatic carbocycles. The van der Waals surface area contributed by atoms with Gasteiger partial charge in [0.25, 0.3) is 0 Å². The number of ether oxygens (including phenoxy) is 1. The number of ketones is 1. The number of hydrogen-bond donors (Lipinski definition) is 3. The SMILES string of the molecule is C=C(C)[C@H]1C(=O)c2c3c(cc4c5c(n1c24)[C@@]1(C)C(CCC2[C@](C)(/C=C/C=C(\C)CC(=O)O)C(O)CC[C@@]21C)C5)C1=CC(C)(C)OC(C)(C)C1C3O. The highest BCUT2D eigenvalue weighted by molar-refractivity contribution is 6.18. The number of aromatic nitrogens is 1. The van der Waals surface area contributed by atoms with Gasteiger partial charge in [0.2, 0.25) is 0 Å². The van der Waals surface area contributed by atoms with Crippen LogP contribution >= 0.6 is 0 Å². The van der Waals surface area contributed by atoms with Crippen LogP contribution in [-0.4, -0.2) is 48.9 Å². The van der Waals surface area contributed by atoms with Gasteiger partial charge in [0.15, 0.2) is 5.78 Å². The van der Waals surface area contributed by atoms with E-state index in [9.17, 15) is 24.9 Å². The number of carboxylic acid groups (broad SMARTS) is 1. The average molecular weight is 694 g/mol. The van der Waals surface area contributed by atoms with E-state index in [-0.39, 0.29) is 34.9 Å². The predicted molar refractivity (Wildman–Crippen MR) is 200 cm³/mol. The summed E-state index contributed by atoms with van der Waals surface area (Å²) >= 11 is 0. The van der Waals surface area contributed by atoms with Gasteiger partial charge in [0, 0.05) is 33.4 Å². The molecule has 2 saturated carbocycles. The Labute approximate surface area is 302 Å². The van der Waals surface area contributed by atoms with E-state index in [1.165, 1.54) is 11.3 Å². The lowest BCUT2D eigenvalue weighted by atomic mass is 9.40. The third-order valence-corrected chi connectivity index (χ3v) is 14.9. The standard InChI is InChI=1S/C44H55NO6/c1-22(2)35-38(50)33-32-25(28-21-40(4,5)51-41(6,7)34(28)37(32)49)20-26-27-19-24-13-14-29-42(8,16-11-12-23(3)18-31(47)48)30(46)15-17-43(29,9)44(24,10)39(27)45(35)36(26)33/h11-12,16,20-21,24,29-30,34-35,37,46,49H,1,13-15,17-19H2,2-10H3,(H,47,48)/b16-11+,23-12+/t24?,29?,30?,34?,35-,37?,42-,43-,44+/m0/s1. The molecule has 2 aliphatic heterocycles. The van der Waals surface area contributed by atoms with Crippen molar-refractivity contribution in [3.8, 4) is 0 Å². The first-order valence-electron chi connectivity index (χ1n) is 19.0. The van der Waals surface area contributed by atoms with Gasteiger partial charge in [-0.25, -0.2) is 0 Å². The van der Waals surface area contributed by atoms with E-state index in [2.05, 4.69) is 77.8 Å². The molecule has 3 heterocycles. The van der Waals surface area contributed by atoms with Crippen LogP contribution < -0.4 is 0 Å². The van der Waals surface area contributed by atoms with E-state index in [1.807, 2.05) is 26.0 Å². The number of nitrogens with zero attached hydrogens (tertiary/aromatic N) is 1. The van der Waals surface area contributed by atoms with Crippen LogP contribution in [0.1, 0.15) is 139 Å². The zero-order valence-electron chi connectivity index (χ0n) is 31.8. The van der Waals surface area contributed by atoms with E-state index >= 15 is 0 Å². The van der Waals surface area contributed by atoms with Crippen LogP contribution in [0.4, 0.5) is 0 Å². The van der Waals surface area contributed by atoms with Gasteiger partial charge < -0.3 is 24.6 Å². The van der Waals surface area contributed by atoms with Gasteiger partial charge >= 0.3 is 5.97 Å². The Balaban J connectivity index is 1.34. The molecular formula is C44H55NO6. The molecule has 0 amide bonds. The van der Waals surface area contributed by atoms with Gasteiger partial charge in [0.1, 0.15) is 6.04 Å². The molecule has 0 bridgehead atoms. The largest absolute Gasteiger partial charge is 0.481 e. The second-order valence-corrected chi connectivity index (χ2v) is 18.8. The van der Waals surface area contributed by atoms with E-state index < -0.39 is 40.8 Å². The van der Waals surface area contributed by atoms with Gasteiger partial charge in [-0.15, -0.1) is 0 Å². The fourth-order valence-corrected chi connectivity index (χ4v) is 12.8. The Hall–Kier alpha value is -3.26. The van der Waals surface area contributed by atoms with Crippen LogP contribution in [0, 0.1) is 28.6 Å². The van der Waals surface area contributed by atoms with Crippen LogP contribution in [0.3, 0.4) is 0 Å². The fraction of sp³-hybridized carbons (Fsp3) is 0.591. The maximum absolute atomic E-state index is 14.9. The molecular weight excluding hydrogens is 638 g/mol. The molecule has 5 unspecified atom stereocenters. The molecule has 0 spiro atoms. The molecule has 7 heteroatoms. The number of aliphatic hydroxyl groups is 2. The second-order valence-electron chi connectivity index (χ2n) is 18.8. The zero-order chi connectivity index (χ0) is 37.0. The number of hydrogen-bond acceptors (Lipinski definition) is 5. The number of rotatable bonds is 5. The molecule has 6 aliphatic rings. The molecule has 3 N–H and O–H groups in total.